The number of benzene rings is 1. The van der Waals surface area contributed by atoms with E-state index in [0.29, 0.717) is 12.4 Å². The van der Waals surface area contributed by atoms with Crippen molar-refractivity contribution < 1.29 is 13.9 Å². The van der Waals surface area contributed by atoms with Gasteiger partial charge in [-0.3, -0.25) is 4.90 Å². The van der Waals surface area contributed by atoms with Gasteiger partial charge in [0.2, 0.25) is 11.9 Å². The third-order valence-electron chi connectivity index (χ3n) is 5.47. The minimum absolute atomic E-state index is 0.0331. The van der Waals surface area contributed by atoms with Crippen molar-refractivity contribution in [3.63, 3.8) is 0 Å². The van der Waals surface area contributed by atoms with E-state index in [1.165, 1.54) is 6.07 Å². The highest BCUT2D eigenvalue weighted by Gasteiger charge is 2.44. The molecule has 1 aliphatic carbocycles. The molecule has 0 bridgehead atoms. The molecule has 1 saturated carbocycles. The smallest absolute Gasteiger partial charge is 0.220 e. The molecule has 4 rings (SSSR count). The largest absolute Gasteiger partial charge is 0.489 e. The van der Waals surface area contributed by atoms with Crippen LogP contribution in [0.15, 0.2) is 28.2 Å². The summed E-state index contributed by atoms with van der Waals surface area (Å²) < 4.78 is 26.6. The number of hydrogen-bond donors (Lipinski definition) is 2. The summed E-state index contributed by atoms with van der Waals surface area (Å²) in [5, 5.41) is 0. The number of nitrogens with zero attached hydrogens (tertiary/aromatic N) is 3. The molecule has 1 atom stereocenters. The van der Waals surface area contributed by atoms with E-state index >= 15 is 4.39 Å². The number of halogens is 1. The van der Waals surface area contributed by atoms with Crippen molar-refractivity contribution in [3.8, 4) is 5.75 Å². The molecule has 3 aliphatic rings. The van der Waals surface area contributed by atoms with E-state index in [4.69, 9.17) is 20.9 Å². The molecular weight excluding hydrogens is 349 g/mol. The van der Waals surface area contributed by atoms with Crippen LogP contribution < -0.4 is 21.1 Å². The van der Waals surface area contributed by atoms with Crippen LogP contribution in [0.4, 0.5) is 10.1 Å². The van der Waals surface area contributed by atoms with Crippen molar-refractivity contribution in [2.75, 3.05) is 18.1 Å². The van der Waals surface area contributed by atoms with Gasteiger partial charge in [-0.1, -0.05) is 12.5 Å². The summed E-state index contributed by atoms with van der Waals surface area (Å²) in [6.07, 6.45) is 6.54. The molecule has 1 aromatic carbocycles. The normalized spacial score (nSPS) is 24.6. The number of aliphatic imine (C=N–C) groups is 2. The summed E-state index contributed by atoms with van der Waals surface area (Å²) in [4.78, 5) is 10.4. The molecule has 1 aromatic rings. The summed E-state index contributed by atoms with van der Waals surface area (Å²) in [7, 11) is 0. The van der Waals surface area contributed by atoms with Crippen molar-refractivity contribution in [3.05, 3.63) is 24.0 Å². The highest BCUT2D eigenvalue weighted by molar-refractivity contribution is 6.06. The lowest BCUT2D eigenvalue weighted by Crippen LogP contribution is -2.58. The topological polar surface area (TPSA) is 98.5 Å². The minimum atomic E-state index is -0.710. The van der Waals surface area contributed by atoms with Crippen LogP contribution in [0.3, 0.4) is 0 Å². The Balaban J connectivity index is 1.70. The molecule has 1 saturated heterocycles. The first-order chi connectivity index (χ1) is 13.1. The summed E-state index contributed by atoms with van der Waals surface area (Å²) in [6.45, 7) is 1.12. The number of guanidine groups is 2. The van der Waals surface area contributed by atoms with Gasteiger partial charge in [0, 0.05) is 6.61 Å². The van der Waals surface area contributed by atoms with Crippen molar-refractivity contribution in [2.24, 2.45) is 21.5 Å². The van der Waals surface area contributed by atoms with E-state index in [9.17, 15) is 0 Å². The van der Waals surface area contributed by atoms with Gasteiger partial charge in [0.15, 0.2) is 5.82 Å². The van der Waals surface area contributed by atoms with Gasteiger partial charge in [0.05, 0.1) is 6.10 Å². The SMILES string of the molecule is NC1=NC2(CCCCC2)N(c2c(F)cccc2OCC2CCCO2)C(N)=N1. The highest BCUT2D eigenvalue weighted by Crippen LogP contribution is 2.43. The molecule has 27 heavy (non-hydrogen) atoms. The van der Waals surface area contributed by atoms with E-state index in [1.54, 1.807) is 17.0 Å². The number of nitrogens with two attached hydrogens (primary N) is 2. The Bertz CT molecular complexity index is 754. The second kappa shape index (κ2) is 7.34. The molecule has 0 radical (unpaired) electrons. The molecule has 146 valence electrons. The van der Waals surface area contributed by atoms with Crippen molar-refractivity contribution >= 4 is 17.6 Å². The van der Waals surface area contributed by atoms with Gasteiger partial charge in [-0.25, -0.2) is 9.38 Å². The fraction of sp³-hybridized carbons (Fsp3) is 0.579. The van der Waals surface area contributed by atoms with Crippen molar-refractivity contribution in [2.45, 2.75) is 56.7 Å². The van der Waals surface area contributed by atoms with Gasteiger partial charge in [-0.05, 0) is 50.7 Å². The van der Waals surface area contributed by atoms with Gasteiger partial charge in [-0.15, -0.1) is 0 Å². The quantitative estimate of drug-likeness (QED) is 0.842. The third-order valence-corrected chi connectivity index (χ3v) is 5.47. The van der Waals surface area contributed by atoms with E-state index in [-0.39, 0.29) is 23.7 Å². The van der Waals surface area contributed by atoms with Crippen LogP contribution in [-0.4, -0.2) is 36.9 Å². The zero-order valence-electron chi connectivity index (χ0n) is 15.4. The van der Waals surface area contributed by atoms with E-state index in [1.807, 2.05) is 0 Å². The molecule has 1 unspecified atom stereocenters. The summed E-state index contributed by atoms with van der Waals surface area (Å²) >= 11 is 0. The average molecular weight is 375 g/mol. The van der Waals surface area contributed by atoms with Gasteiger partial charge >= 0.3 is 0 Å². The molecule has 2 heterocycles. The maximum atomic E-state index is 15.0. The Kier molecular flexibility index (Phi) is 4.90. The first kappa shape index (κ1) is 18.0. The van der Waals surface area contributed by atoms with Crippen LogP contribution in [0.25, 0.3) is 0 Å². The molecule has 2 fully saturated rings. The van der Waals surface area contributed by atoms with Crippen LogP contribution in [-0.2, 0) is 4.74 Å². The van der Waals surface area contributed by atoms with E-state index in [0.717, 1.165) is 51.6 Å². The number of rotatable bonds is 4. The highest BCUT2D eigenvalue weighted by atomic mass is 19.1. The van der Waals surface area contributed by atoms with Crippen LogP contribution >= 0.6 is 0 Å². The Morgan fingerprint density at radius 1 is 1.22 bits per heavy atom. The molecule has 1 spiro atoms. The maximum Gasteiger partial charge on any atom is 0.220 e. The Hall–Kier alpha value is -2.35. The Labute approximate surface area is 158 Å². The predicted octanol–water partition coefficient (Wildman–Crippen LogP) is 2.49. The number of anilines is 1. The molecule has 7 nitrogen and oxygen atoms in total. The maximum absolute atomic E-state index is 15.0. The van der Waals surface area contributed by atoms with Crippen molar-refractivity contribution in [1.82, 2.24) is 0 Å². The fourth-order valence-electron chi connectivity index (χ4n) is 4.23. The first-order valence-corrected chi connectivity index (χ1v) is 9.62. The van der Waals surface area contributed by atoms with Crippen LogP contribution in [0.5, 0.6) is 5.75 Å². The summed E-state index contributed by atoms with van der Waals surface area (Å²) in [5.41, 5.74) is 11.7. The van der Waals surface area contributed by atoms with Gasteiger partial charge < -0.3 is 20.9 Å². The van der Waals surface area contributed by atoms with Crippen LogP contribution in [0, 0.1) is 5.82 Å². The fourth-order valence-corrected chi connectivity index (χ4v) is 4.23. The average Bonchev–Trinajstić information content (AvgIpc) is 3.15. The molecule has 0 amide bonds. The molecule has 4 N–H and O–H groups in total. The summed E-state index contributed by atoms with van der Waals surface area (Å²) in [5.74, 6) is 0.295. The predicted molar refractivity (Wildman–Crippen MR) is 102 cm³/mol. The standard InChI is InChI=1S/C19H26FN5O2/c20-14-7-4-8-15(27-12-13-6-5-11-26-13)16(14)25-18(22)23-17(21)24-19(25)9-2-1-3-10-19/h4,7-8,13H,1-3,5-6,9-12H2,(H4,21,22,23,24). The van der Waals surface area contributed by atoms with Gasteiger partial charge in [0.1, 0.15) is 23.7 Å². The molecule has 0 aromatic heterocycles. The van der Waals surface area contributed by atoms with Gasteiger partial charge in [-0.2, -0.15) is 4.99 Å². The lowest BCUT2D eigenvalue weighted by molar-refractivity contribution is 0.0679. The second-order valence-electron chi connectivity index (χ2n) is 7.35. The monoisotopic (exact) mass is 375 g/mol. The summed E-state index contributed by atoms with van der Waals surface area (Å²) in [6, 6.07) is 4.78. The van der Waals surface area contributed by atoms with Crippen LogP contribution in [0.1, 0.15) is 44.9 Å². The van der Waals surface area contributed by atoms with E-state index in [2.05, 4.69) is 9.98 Å². The lowest BCUT2D eigenvalue weighted by atomic mass is 9.87. The number of para-hydroxylation sites is 1. The van der Waals surface area contributed by atoms with E-state index < -0.39 is 11.5 Å². The Morgan fingerprint density at radius 2 is 2.04 bits per heavy atom. The number of ether oxygens (including phenoxy) is 2. The first-order valence-electron chi connectivity index (χ1n) is 9.62. The van der Waals surface area contributed by atoms with Crippen molar-refractivity contribution in [1.29, 1.82) is 0 Å². The Morgan fingerprint density at radius 3 is 2.78 bits per heavy atom. The zero-order chi connectivity index (χ0) is 18.9. The third kappa shape index (κ3) is 3.45. The molecule has 8 heteroatoms. The van der Waals surface area contributed by atoms with Crippen LogP contribution in [0.2, 0.25) is 0 Å². The molecular formula is C19H26FN5O2. The second-order valence-corrected chi connectivity index (χ2v) is 7.35. The molecule has 2 aliphatic heterocycles. The zero-order valence-corrected chi connectivity index (χ0v) is 15.4. The lowest BCUT2D eigenvalue weighted by Gasteiger charge is -2.45. The number of hydrogen-bond acceptors (Lipinski definition) is 7. The minimum Gasteiger partial charge on any atom is -0.489 e. The van der Waals surface area contributed by atoms with Gasteiger partial charge in [0.25, 0.3) is 0 Å².